The lowest BCUT2D eigenvalue weighted by molar-refractivity contribution is 0.377. The van der Waals surface area contributed by atoms with E-state index in [2.05, 4.69) is 25.1 Å². The molecule has 0 saturated heterocycles. The van der Waals surface area contributed by atoms with E-state index < -0.39 is 5.76 Å². The third-order valence-corrected chi connectivity index (χ3v) is 3.89. The molecular weight excluding hydrogens is 308 g/mol. The van der Waals surface area contributed by atoms with Gasteiger partial charge < -0.3 is 0 Å². The third-order valence-electron chi connectivity index (χ3n) is 3.89. The van der Waals surface area contributed by atoms with Crippen molar-refractivity contribution in [3.8, 4) is 11.6 Å². The van der Waals surface area contributed by atoms with Gasteiger partial charge in [0.15, 0.2) is 5.82 Å². The third kappa shape index (κ3) is 3.08. The Morgan fingerprint density at radius 2 is 2.04 bits per heavy atom. The molecule has 0 amide bonds. The van der Waals surface area contributed by atoms with Gasteiger partial charge in [0, 0.05) is 24.5 Å². The lowest BCUT2D eigenvalue weighted by atomic mass is 10.2. The zero-order valence-electron chi connectivity index (χ0n) is 13.2. The molecule has 0 atom stereocenters. The van der Waals surface area contributed by atoms with Crippen molar-refractivity contribution in [2.24, 2.45) is 5.92 Å². The van der Waals surface area contributed by atoms with Gasteiger partial charge in [-0.2, -0.15) is 0 Å². The van der Waals surface area contributed by atoms with E-state index in [1.54, 1.807) is 18.5 Å². The fourth-order valence-electron chi connectivity index (χ4n) is 2.60. The molecule has 3 aromatic rings. The maximum Gasteiger partial charge on any atom is 0.442 e. The molecule has 1 aliphatic carbocycles. The van der Waals surface area contributed by atoms with Crippen LogP contribution in [-0.4, -0.2) is 29.7 Å². The second kappa shape index (κ2) is 5.95. The van der Waals surface area contributed by atoms with Crippen LogP contribution in [0.1, 0.15) is 30.1 Å². The van der Waals surface area contributed by atoms with Crippen LogP contribution >= 0.6 is 0 Å². The van der Waals surface area contributed by atoms with Crippen molar-refractivity contribution in [3.63, 3.8) is 0 Å². The highest BCUT2D eigenvalue weighted by Gasteiger charge is 2.23. The van der Waals surface area contributed by atoms with Crippen LogP contribution < -0.4 is 5.76 Å². The molecule has 4 rings (SSSR count). The maximum absolute atomic E-state index is 12.0. The minimum absolute atomic E-state index is 0.247. The molecule has 0 unspecified atom stereocenters. The Morgan fingerprint density at radius 3 is 2.79 bits per heavy atom. The highest BCUT2D eigenvalue weighted by molar-refractivity contribution is 5.41. The Labute approximate surface area is 137 Å². The highest BCUT2D eigenvalue weighted by atomic mass is 16.5. The van der Waals surface area contributed by atoms with Crippen LogP contribution in [0.15, 0.2) is 33.8 Å². The maximum atomic E-state index is 12.0. The molecule has 1 fully saturated rings. The molecule has 0 N–H and O–H groups in total. The standard InChI is InChI=1S/C16H16N6O2/c1-10-7-12(20-13(19-10)8-11-3-4-11)9-22-15(21-24-16(22)23)14-17-5-2-6-18-14/h2,5-7,11H,3-4,8-9H2,1H3. The van der Waals surface area contributed by atoms with Crippen molar-refractivity contribution in [1.82, 2.24) is 29.7 Å². The van der Waals surface area contributed by atoms with Gasteiger partial charge in [-0.3, -0.25) is 4.52 Å². The SMILES string of the molecule is Cc1cc(Cn2c(-c3ncccn3)noc2=O)nc(CC2CC2)n1. The summed E-state index contributed by atoms with van der Waals surface area (Å²) in [5.41, 5.74) is 1.64. The minimum atomic E-state index is -0.558. The summed E-state index contributed by atoms with van der Waals surface area (Å²) < 4.78 is 6.18. The predicted molar refractivity (Wildman–Crippen MR) is 84.1 cm³/mol. The smallest absolute Gasteiger partial charge is 0.295 e. The average Bonchev–Trinajstić information content (AvgIpc) is 3.31. The average molecular weight is 324 g/mol. The highest BCUT2D eigenvalue weighted by Crippen LogP contribution is 2.31. The summed E-state index contributed by atoms with van der Waals surface area (Å²) >= 11 is 0. The molecule has 0 bridgehead atoms. The van der Waals surface area contributed by atoms with Crippen LogP contribution in [0.4, 0.5) is 0 Å². The normalized spacial score (nSPS) is 14.0. The fraction of sp³-hybridized carbons (Fsp3) is 0.375. The minimum Gasteiger partial charge on any atom is -0.295 e. The summed E-state index contributed by atoms with van der Waals surface area (Å²) in [6.07, 6.45) is 6.56. The topological polar surface area (TPSA) is 99.6 Å². The second-order valence-corrected chi connectivity index (χ2v) is 6.00. The van der Waals surface area contributed by atoms with E-state index in [4.69, 9.17) is 4.52 Å². The predicted octanol–water partition coefficient (Wildman–Crippen LogP) is 1.39. The number of aromatic nitrogens is 6. The Balaban J connectivity index is 1.67. The number of aryl methyl sites for hydroxylation is 1. The van der Waals surface area contributed by atoms with E-state index in [-0.39, 0.29) is 6.54 Å². The molecule has 0 spiro atoms. The Kier molecular flexibility index (Phi) is 3.64. The number of hydrogen-bond acceptors (Lipinski definition) is 7. The first kappa shape index (κ1) is 14.7. The molecular formula is C16H16N6O2. The second-order valence-electron chi connectivity index (χ2n) is 6.00. The van der Waals surface area contributed by atoms with Crippen LogP contribution in [0, 0.1) is 12.8 Å². The number of hydrogen-bond donors (Lipinski definition) is 0. The van der Waals surface area contributed by atoms with Gasteiger partial charge in [0.2, 0.25) is 5.82 Å². The lowest BCUT2D eigenvalue weighted by Gasteiger charge is -2.07. The number of nitrogens with zero attached hydrogens (tertiary/aromatic N) is 6. The van der Waals surface area contributed by atoms with Crippen molar-refractivity contribution in [1.29, 1.82) is 0 Å². The summed E-state index contributed by atoms with van der Waals surface area (Å²) in [4.78, 5) is 29.3. The molecule has 3 aromatic heterocycles. The first-order valence-corrected chi connectivity index (χ1v) is 7.86. The summed E-state index contributed by atoms with van der Waals surface area (Å²) in [7, 11) is 0. The fourth-order valence-corrected chi connectivity index (χ4v) is 2.60. The van der Waals surface area contributed by atoms with Crippen molar-refractivity contribution >= 4 is 0 Å². The molecule has 24 heavy (non-hydrogen) atoms. The van der Waals surface area contributed by atoms with E-state index in [1.807, 2.05) is 13.0 Å². The van der Waals surface area contributed by atoms with Crippen LogP contribution in [-0.2, 0) is 13.0 Å². The quantitative estimate of drug-likeness (QED) is 0.699. The Morgan fingerprint density at radius 1 is 1.25 bits per heavy atom. The zero-order valence-corrected chi connectivity index (χ0v) is 13.2. The number of rotatable bonds is 5. The molecule has 1 aliphatic rings. The van der Waals surface area contributed by atoms with Crippen LogP contribution in [0.3, 0.4) is 0 Å². The summed E-state index contributed by atoms with van der Waals surface area (Å²) in [5, 5.41) is 3.79. The van der Waals surface area contributed by atoms with Crippen molar-refractivity contribution in [2.75, 3.05) is 0 Å². The van der Waals surface area contributed by atoms with Crippen molar-refractivity contribution < 1.29 is 4.52 Å². The molecule has 0 radical (unpaired) electrons. The van der Waals surface area contributed by atoms with Crippen LogP contribution in [0.2, 0.25) is 0 Å². The van der Waals surface area contributed by atoms with E-state index in [1.165, 1.54) is 17.4 Å². The molecule has 0 aromatic carbocycles. The molecule has 0 aliphatic heterocycles. The molecule has 122 valence electrons. The van der Waals surface area contributed by atoms with Gasteiger partial charge in [-0.1, -0.05) is 5.16 Å². The zero-order chi connectivity index (χ0) is 16.5. The van der Waals surface area contributed by atoms with Crippen LogP contribution in [0.25, 0.3) is 11.6 Å². The van der Waals surface area contributed by atoms with E-state index >= 15 is 0 Å². The summed E-state index contributed by atoms with van der Waals surface area (Å²) in [6.45, 7) is 2.18. The summed E-state index contributed by atoms with van der Waals surface area (Å²) in [5.74, 6) is 1.60. The van der Waals surface area contributed by atoms with Gasteiger partial charge in [-0.05, 0) is 37.8 Å². The Hall–Kier alpha value is -2.90. The van der Waals surface area contributed by atoms with E-state index in [9.17, 15) is 4.79 Å². The van der Waals surface area contributed by atoms with Gasteiger partial charge in [0.05, 0.1) is 12.2 Å². The van der Waals surface area contributed by atoms with E-state index in [0.29, 0.717) is 17.6 Å². The molecule has 8 heteroatoms. The monoisotopic (exact) mass is 324 g/mol. The lowest BCUT2D eigenvalue weighted by Crippen LogP contribution is -2.18. The van der Waals surface area contributed by atoms with Gasteiger partial charge in [0.25, 0.3) is 0 Å². The largest absolute Gasteiger partial charge is 0.442 e. The van der Waals surface area contributed by atoms with E-state index in [0.717, 1.165) is 23.6 Å². The van der Waals surface area contributed by atoms with Gasteiger partial charge in [-0.25, -0.2) is 29.3 Å². The van der Waals surface area contributed by atoms with Crippen LogP contribution in [0.5, 0.6) is 0 Å². The molecule has 8 nitrogen and oxygen atoms in total. The van der Waals surface area contributed by atoms with Gasteiger partial charge in [0.1, 0.15) is 5.82 Å². The van der Waals surface area contributed by atoms with Crippen molar-refractivity contribution in [2.45, 2.75) is 32.7 Å². The first-order valence-electron chi connectivity index (χ1n) is 7.86. The summed E-state index contributed by atoms with van der Waals surface area (Å²) in [6, 6.07) is 3.56. The molecule has 3 heterocycles. The van der Waals surface area contributed by atoms with Crippen molar-refractivity contribution in [3.05, 3.63) is 52.3 Å². The van der Waals surface area contributed by atoms with Gasteiger partial charge in [-0.15, -0.1) is 0 Å². The Bertz CT molecular complexity index is 914. The van der Waals surface area contributed by atoms with Gasteiger partial charge >= 0.3 is 5.76 Å². The first-order chi connectivity index (χ1) is 11.7. The molecule has 1 saturated carbocycles.